The second-order valence-electron chi connectivity index (χ2n) is 4.59. The number of H-pyrrole nitrogens is 1. The molecule has 0 radical (unpaired) electrons. The van der Waals surface area contributed by atoms with Crippen molar-refractivity contribution >= 4 is 11.8 Å². The zero-order chi connectivity index (χ0) is 14.5. The van der Waals surface area contributed by atoms with Gasteiger partial charge in [-0.3, -0.25) is 4.79 Å². The molecular formula is C14H16FN3OS. The zero-order valence-electron chi connectivity index (χ0n) is 11.3. The number of halogens is 1. The lowest BCUT2D eigenvalue weighted by Gasteiger charge is -2.12. The largest absolute Gasteiger partial charge is 0.310 e. The third kappa shape index (κ3) is 3.91. The van der Waals surface area contributed by atoms with Gasteiger partial charge < -0.3 is 10.3 Å². The number of nitrogens with zero attached hydrogens (tertiary/aromatic N) is 1. The molecule has 1 aromatic carbocycles. The van der Waals surface area contributed by atoms with Crippen molar-refractivity contribution in [3.8, 4) is 0 Å². The van der Waals surface area contributed by atoms with E-state index in [-0.39, 0.29) is 17.4 Å². The highest BCUT2D eigenvalue weighted by molar-refractivity contribution is 7.99. The second-order valence-corrected chi connectivity index (χ2v) is 5.62. The van der Waals surface area contributed by atoms with Crippen LogP contribution in [0.15, 0.2) is 45.3 Å². The first kappa shape index (κ1) is 14.7. The van der Waals surface area contributed by atoms with Crippen molar-refractivity contribution in [2.24, 2.45) is 0 Å². The van der Waals surface area contributed by atoms with E-state index >= 15 is 0 Å². The lowest BCUT2D eigenvalue weighted by atomic mass is 10.2. The first-order valence-corrected chi connectivity index (χ1v) is 7.12. The van der Waals surface area contributed by atoms with Gasteiger partial charge >= 0.3 is 0 Å². The van der Waals surface area contributed by atoms with Crippen LogP contribution in [0.2, 0.25) is 0 Å². The summed E-state index contributed by atoms with van der Waals surface area (Å²) in [6.45, 7) is 4.44. The smallest absolute Gasteiger partial charge is 0.251 e. The number of nitrogens with one attached hydrogen (secondary N) is 2. The fraction of sp³-hybridized carbons (Fsp3) is 0.286. The van der Waals surface area contributed by atoms with Crippen molar-refractivity contribution in [3.63, 3.8) is 0 Å². The molecule has 0 saturated carbocycles. The Balaban J connectivity index is 2.26. The van der Waals surface area contributed by atoms with E-state index in [1.807, 2.05) is 19.9 Å². The maximum atomic E-state index is 13.9. The monoisotopic (exact) mass is 293 g/mol. The summed E-state index contributed by atoms with van der Waals surface area (Å²) in [5.41, 5.74) is 0.360. The quantitative estimate of drug-likeness (QED) is 0.832. The highest BCUT2D eigenvalue weighted by Crippen LogP contribution is 2.28. The van der Waals surface area contributed by atoms with Crippen LogP contribution in [0, 0.1) is 5.82 Å². The van der Waals surface area contributed by atoms with Gasteiger partial charge in [-0.2, -0.15) is 0 Å². The summed E-state index contributed by atoms with van der Waals surface area (Å²) in [6.07, 6.45) is 1.44. The molecule has 0 aliphatic heterocycles. The van der Waals surface area contributed by atoms with Gasteiger partial charge in [-0.05, 0) is 12.1 Å². The SMILES string of the molecule is CC(C)NCc1c(F)cccc1Sc1nccc(=O)[nH]1. The molecule has 1 heterocycles. The van der Waals surface area contributed by atoms with Gasteiger partial charge in [0.15, 0.2) is 5.16 Å². The number of aromatic nitrogens is 2. The summed E-state index contributed by atoms with van der Waals surface area (Å²) >= 11 is 1.25. The highest BCUT2D eigenvalue weighted by Gasteiger charge is 2.11. The maximum absolute atomic E-state index is 13.9. The molecule has 106 valence electrons. The van der Waals surface area contributed by atoms with Crippen LogP contribution in [0.1, 0.15) is 19.4 Å². The van der Waals surface area contributed by atoms with Gasteiger partial charge in [0.2, 0.25) is 0 Å². The number of aromatic amines is 1. The summed E-state index contributed by atoms with van der Waals surface area (Å²) in [4.78, 5) is 18.7. The van der Waals surface area contributed by atoms with E-state index in [1.165, 1.54) is 30.1 Å². The van der Waals surface area contributed by atoms with Gasteiger partial charge in [0.05, 0.1) is 0 Å². The van der Waals surface area contributed by atoms with Crippen molar-refractivity contribution in [1.29, 1.82) is 0 Å². The molecule has 1 aromatic heterocycles. The molecule has 0 spiro atoms. The van der Waals surface area contributed by atoms with Gasteiger partial charge in [-0.25, -0.2) is 9.37 Å². The van der Waals surface area contributed by atoms with E-state index in [9.17, 15) is 9.18 Å². The predicted molar refractivity (Wildman–Crippen MR) is 77.4 cm³/mol. The van der Waals surface area contributed by atoms with Gasteiger partial charge in [0, 0.05) is 35.3 Å². The van der Waals surface area contributed by atoms with Crippen LogP contribution in [0.5, 0.6) is 0 Å². The van der Waals surface area contributed by atoms with E-state index in [0.29, 0.717) is 17.3 Å². The molecule has 0 aliphatic rings. The molecule has 20 heavy (non-hydrogen) atoms. The molecule has 2 rings (SSSR count). The molecule has 0 bridgehead atoms. The van der Waals surface area contributed by atoms with Crippen molar-refractivity contribution in [2.45, 2.75) is 36.5 Å². The lowest BCUT2D eigenvalue weighted by molar-refractivity contribution is 0.546. The summed E-state index contributed by atoms with van der Waals surface area (Å²) in [5.74, 6) is -0.263. The Bertz CT molecular complexity index is 642. The molecule has 0 atom stereocenters. The first-order valence-electron chi connectivity index (χ1n) is 6.30. The van der Waals surface area contributed by atoms with Crippen LogP contribution in [0.25, 0.3) is 0 Å². The Morgan fingerprint density at radius 2 is 2.20 bits per heavy atom. The molecule has 0 aliphatic carbocycles. The first-order chi connectivity index (χ1) is 9.56. The molecular weight excluding hydrogens is 277 g/mol. The van der Waals surface area contributed by atoms with Crippen LogP contribution in [-0.4, -0.2) is 16.0 Å². The van der Waals surface area contributed by atoms with Crippen molar-refractivity contribution in [3.05, 3.63) is 52.2 Å². The van der Waals surface area contributed by atoms with Crippen molar-refractivity contribution in [1.82, 2.24) is 15.3 Å². The predicted octanol–water partition coefficient (Wildman–Crippen LogP) is 2.56. The minimum absolute atomic E-state index is 0.222. The Hall–Kier alpha value is -1.66. The summed E-state index contributed by atoms with van der Waals surface area (Å²) in [6, 6.07) is 6.51. The molecule has 6 heteroatoms. The molecule has 0 unspecified atom stereocenters. The minimum atomic E-state index is -0.263. The van der Waals surface area contributed by atoms with Crippen LogP contribution >= 0.6 is 11.8 Å². The van der Waals surface area contributed by atoms with Crippen LogP contribution < -0.4 is 10.9 Å². The van der Waals surface area contributed by atoms with Crippen molar-refractivity contribution < 1.29 is 4.39 Å². The summed E-state index contributed by atoms with van der Waals surface area (Å²) in [5, 5.41) is 3.65. The third-order valence-electron chi connectivity index (χ3n) is 2.62. The molecule has 0 amide bonds. The Morgan fingerprint density at radius 1 is 1.40 bits per heavy atom. The molecule has 0 saturated heterocycles. The normalized spacial score (nSPS) is 11.0. The number of hydrogen-bond donors (Lipinski definition) is 2. The Kier molecular flexibility index (Phi) is 4.92. The van der Waals surface area contributed by atoms with E-state index < -0.39 is 0 Å². The van der Waals surface area contributed by atoms with E-state index in [4.69, 9.17) is 0 Å². The van der Waals surface area contributed by atoms with E-state index in [1.54, 1.807) is 6.07 Å². The molecule has 2 N–H and O–H groups in total. The molecule has 0 fully saturated rings. The van der Waals surface area contributed by atoms with Crippen LogP contribution in [0.3, 0.4) is 0 Å². The summed E-state index contributed by atoms with van der Waals surface area (Å²) in [7, 11) is 0. The summed E-state index contributed by atoms with van der Waals surface area (Å²) < 4.78 is 13.9. The number of rotatable bonds is 5. The highest BCUT2D eigenvalue weighted by atomic mass is 32.2. The van der Waals surface area contributed by atoms with Gasteiger partial charge in [0.25, 0.3) is 5.56 Å². The minimum Gasteiger partial charge on any atom is -0.310 e. The standard InChI is InChI=1S/C14H16FN3OS/c1-9(2)17-8-10-11(15)4-3-5-12(10)20-14-16-7-6-13(19)18-14/h3-7,9,17H,8H2,1-2H3,(H,16,18,19). The molecule has 2 aromatic rings. The second kappa shape index (κ2) is 6.67. The maximum Gasteiger partial charge on any atom is 0.251 e. The van der Waals surface area contributed by atoms with E-state index in [0.717, 1.165) is 4.90 Å². The topological polar surface area (TPSA) is 57.8 Å². The third-order valence-corrected chi connectivity index (χ3v) is 3.62. The van der Waals surface area contributed by atoms with Gasteiger partial charge in [-0.1, -0.05) is 31.7 Å². The number of benzene rings is 1. The van der Waals surface area contributed by atoms with Crippen LogP contribution in [-0.2, 0) is 6.54 Å². The average Bonchev–Trinajstić information content (AvgIpc) is 2.38. The van der Waals surface area contributed by atoms with Crippen LogP contribution in [0.4, 0.5) is 4.39 Å². The Morgan fingerprint density at radius 3 is 2.90 bits per heavy atom. The molecule has 4 nitrogen and oxygen atoms in total. The Labute approximate surface area is 120 Å². The zero-order valence-corrected chi connectivity index (χ0v) is 12.1. The number of hydrogen-bond acceptors (Lipinski definition) is 4. The fourth-order valence-electron chi connectivity index (χ4n) is 1.62. The fourth-order valence-corrected chi connectivity index (χ4v) is 2.53. The lowest BCUT2D eigenvalue weighted by Crippen LogP contribution is -2.22. The van der Waals surface area contributed by atoms with Gasteiger partial charge in [-0.15, -0.1) is 0 Å². The van der Waals surface area contributed by atoms with Crippen molar-refractivity contribution in [2.75, 3.05) is 0 Å². The van der Waals surface area contributed by atoms with E-state index in [2.05, 4.69) is 15.3 Å². The van der Waals surface area contributed by atoms with Gasteiger partial charge in [0.1, 0.15) is 5.82 Å². The average molecular weight is 293 g/mol.